The molecule has 0 spiro atoms. The molecule has 0 amide bonds. The van der Waals surface area contributed by atoms with Crippen LogP contribution in [0.5, 0.6) is 5.75 Å². The number of methoxy groups -OCH3 is 1. The highest BCUT2D eigenvalue weighted by atomic mass is 32.2. The Bertz CT molecular complexity index is 594. The lowest BCUT2D eigenvalue weighted by atomic mass is 10.3. The number of rotatable bonds is 4. The van der Waals surface area contributed by atoms with Crippen molar-refractivity contribution in [1.82, 2.24) is 9.21 Å². The molecule has 2 rings (SSSR count). The van der Waals surface area contributed by atoms with E-state index in [1.165, 1.54) is 40.6 Å². The van der Waals surface area contributed by atoms with Gasteiger partial charge in [-0.05, 0) is 24.3 Å². The van der Waals surface area contributed by atoms with Gasteiger partial charge >= 0.3 is 6.18 Å². The maximum Gasteiger partial charge on any atom is 0.401 e. The van der Waals surface area contributed by atoms with E-state index >= 15 is 0 Å². The molecule has 9 heteroatoms. The van der Waals surface area contributed by atoms with E-state index < -0.39 is 22.7 Å². The van der Waals surface area contributed by atoms with Crippen LogP contribution in [-0.4, -0.2) is 63.6 Å². The average Bonchev–Trinajstić information content (AvgIpc) is 2.46. The van der Waals surface area contributed by atoms with Crippen molar-refractivity contribution < 1.29 is 26.3 Å². The topological polar surface area (TPSA) is 49.9 Å². The third kappa shape index (κ3) is 4.11. The van der Waals surface area contributed by atoms with Crippen LogP contribution in [0, 0.1) is 0 Å². The zero-order chi connectivity index (χ0) is 16.4. The molecular formula is C13H17F3N2O3S. The molecule has 5 nitrogen and oxygen atoms in total. The van der Waals surface area contributed by atoms with Crippen LogP contribution in [0.25, 0.3) is 0 Å². The second-order valence-electron chi connectivity index (χ2n) is 4.97. The summed E-state index contributed by atoms with van der Waals surface area (Å²) < 4.78 is 68.0. The summed E-state index contributed by atoms with van der Waals surface area (Å²) in [5.74, 6) is 0.536. The molecule has 0 atom stereocenters. The standard InChI is InChI=1S/C13H17F3N2O3S/c1-21-11-2-4-12(5-3-11)22(19,20)18-8-6-17(7-9-18)10-13(14,15)16/h2-5H,6-10H2,1H3. The molecule has 0 bridgehead atoms. The number of hydrogen-bond donors (Lipinski definition) is 0. The molecule has 1 fully saturated rings. The first-order valence-electron chi connectivity index (χ1n) is 6.66. The van der Waals surface area contributed by atoms with Gasteiger partial charge in [0.15, 0.2) is 0 Å². The van der Waals surface area contributed by atoms with Gasteiger partial charge in [0.1, 0.15) is 5.75 Å². The van der Waals surface area contributed by atoms with Crippen LogP contribution in [0.2, 0.25) is 0 Å². The minimum atomic E-state index is -4.27. The maximum absolute atomic E-state index is 12.4. The van der Waals surface area contributed by atoms with Crippen LogP contribution in [0.4, 0.5) is 13.2 Å². The van der Waals surface area contributed by atoms with E-state index in [1.807, 2.05) is 0 Å². The Balaban J connectivity index is 2.02. The molecule has 22 heavy (non-hydrogen) atoms. The molecule has 0 aromatic heterocycles. The van der Waals surface area contributed by atoms with Gasteiger partial charge in [-0.3, -0.25) is 4.90 Å². The fourth-order valence-corrected chi connectivity index (χ4v) is 3.70. The van der Waals surface area contributed by atoms with Crippen molar-refractivity contribution in [3.05, 3.63) is 24.3 Å². The first-order valence-corrected chi connectivity index (χ1v) is 8.10. The lowest BCUT2D eigenvalue weighted by Crippen LogP contribution is -2.50. The number of hydrogen-bond acceptors (Lipinski definition) is 4. The summed E-state index contributed by atoms with van der Waals surface area (Å²) >= 11 is 0. The highest BCUT2D eigenvalue weighted by Crippen LogP contribution is 2.22. The Morgan fingerprint density at radius 2 is 1.64 bits per heavy atom. The molecule has 0 N–H and O–H groups in total. The van der Waals surface area contributed by atoms with E-state index in [2.05, 4.69) is 0 Å². The van der Waals surface area contributed by atoms with E-state index in [9.17, 15) is 21.6 Å². The van der Waals surface area contributed by atoms with Gasteiger partial charge in [0.05, 0.1) is 18.6 Å². The molecule has 0 radical (unpaired) electrons. The number of ether oxygens (including phenoxy) is 1. The summed E-state index contributed by atoms with van der Waals surface area (Å²) in [4.78, 5) is 1.32. The van der Waals surface area contributed by atoms with Crippen molar-refractivity contribution in [2.45, 2.75) is 11.1 Å². The third-order valence-corrected chi connectivity index (χ3v) is 5.34. The van der Waals surface area contributed by atoms with E-state index in [0.29, 0.717) is 5.75 Å². The van der Waals surface area contributed by atoms with Crippen molar-refractivity contribution in [3.8, 4) is 5.75 Å². The first-order chi connectivity index (χ1) is 10.2. The van der Waals surface area contributed by atoms with Gasteiger partial charge in [-0.15, -0.1) is 0 Å². The average molecular weight is 338 g/mol. The maximum atomic E-state index is 12.4. The highest BCUT2D eigenvalue weighted by Gasteiger charge is 2.34. The number of nitrogens with zero attached hydrogens (tertiary/aromatic N) is 2. The Labute approximate surface area is 127 Å². The third-order valence-electron chi connectivity index (χ3n) is 3.43. The van der Waals surface area contributed by atoms with E-state index in [4.69, 9.17) is 4.74 Å². The fourth-order valence-electron chi connectivity index (χ4n) is 2.28. The second kappa shape index (κ2) is 6.43. The second-order valence-corrected chi connectivity index (χ2v) is 6.91. The number of piperazine rings is 1. The monoisotopic (exact) mass is 338 g/mol. The molecule has 124 valence electrons. The summed E-state index contributed by atoms with van der Waals surface area (Å²) in [6, 6.07) is 5.92. The minimum Gasteiger partial charge on any atom is -0.497 e. The smallest absolute Gasteiger partial charge is 0.401 e. The normalized spacial score (nSPS) is 18.4. The molecule has 1 heterocycles. The molecule has 1 aromatic carbocycles. The molecular weight excluding hydrogens is 321 g/mol. The van der Waals surface area contributed by atoms with Crippen molar-refractivity contribution in [2.24, 2.45) is 0 Å². The lowest BCUT2D eigenvalue weighted by Gasteiger charge is -2.34. The summed E-state index contributed by atoms with van der Waals surface area (Å²) in [5.41, 5.74) is 0. The Morgan fingerprint density at radius 3 is 2.09 bits per heavy atom. The van der Waals surface area contributed by atoms with Crippen molar-refractivity contribution in [3.63, 3.8) is 0 Å². The van der Waals surface area contributed by atoms with Gasteiger partial charge in [-0.1, -0.05) is 0 Å². The van der Waals surface area contributed by atoms with Gasteiger partial charge in [0.2, 0.25) is 10.0 Å². The number of alkyl halides is 3. The van der Waals surface area contributed by atoms with Crippen molar-refractivity contribution >= 4 is 10.0 Å². The van der Waals surface area contributed by atoms with E-state index in [0.717, 1.165) is 0 Å². The van der Waals surface area contributed by atoms with Crippen LogP contribution in [-0.2, 0) is 10.0 Å². The van der Waals surface area contributed by atoms with E-state index in [1.54, 1.807) is 0 Å². The first kappa shape index (κ1) is 17.0. The number of halogens is 3. The Hall–Kier alpha value is -1.32. The molecule has 1 aromatic rings. The van der Waals surface area contributed by atoms with Gasteiger partial charge in [-0.2, -0.15) is 17.5 Å². The summed E-state index contributed by atoms with van der Waals surface area (Å²) in [6.07, 6.45) is -4.27. The van der Waals surface area contributed by atoms with Crippen LogP contribution in [0.15, 0.2) is 29.2 Å². The summed E-state index contributed by atoms with van der Waals surface area (Å²) in [6.45, 7) is -0.790. The molecule has 0 unspecified atom stereocenters. The van der Waals surface area contributed by atoms with Crippen LogP contribution < -0.4 is 4.74 Å². The van der Waals surface area contributed by atoms with Crippen LogP contribution in [0.3, 0.4) is 0 Å². The van der Waals surface area contributed by atoms with Gasteiger partial charge in [0, 0.05) is 26.2 Å². The molecule has 0 saturated carbocycles. The fraction of sp³-hybridized carbons (Fsp3) is 0.538. The van der Waals surface area contributed by atoms with Gasteiger partial charge < -0.3 is 4.74 Å². The van der Waals surface area contributed by atoms with Gasteiger partial charge in [-0.25, -0.2) is 8.42 Å². The molecule has 1 aliphatic rings. The molecule has 1 saturated heterocycles. The predicted molar refractivity (Wildman–Crippen MR) is 74.2 cm³/mol. The number of benzene rings is 1. The Morgan fingerprint density at radius 1 is 1.09 bits per heavy atom. The quantitative estimate of drug-likeness (QED) is 0.836. The van der Waals surface area contributed by atoms with Crippen LogP contribution in [0.1, 0.15) is 0 Å². The molecule has 0 aliphatic carbocycles. The zero-order valence-electron chi connectivity index (χ0n) is 12.0. The SMILES string of the molecule is COc1ccc(S(=O)(=O)N2CCN(CC(F)(F)F)CC2)cc1. The lowest BCUT2D eigenvalue weighted by molar-refractivity contribution is -0.148. The van der Waals surface area contributed by atoms with Crippen molar-refractivity contribution in [1.29, 1.82) is 0 Å². The van der Waals surface area contributed by atoms with Crippen LogP contribution >= 0.6 is 0 Å². The zero-order valence-corrected chi connectivity index (χ0v) is 12.8. The predicted octanol–water partition coefficient (Wildman–Crippen LogP) is 1.56. The van der Waals surface area contributed by atoms with Crippen molar-refractivity contribution in [2.75, 3.05) is 39.8 Å². The van der Waals surface area contributed by atoms with Gasteiger partial charge in [0.25, 0.3) is 0 Å². The minimum absolute atomic E-state index is 0.0461. The van der Waals surface area contributed by atoms with E-state index in [-0.39, 0.29) is 31.1 Å². The number of sulfonamides is 1. The largest absolute Gasteiger partial charge is 0.497 e. The molecule has 1 aliphatic heterocycles. The highest BCUT2D eigenvalue weighted by molar-refractivity contribution is 7.89. The summed E-state index contributed by atoms with van der Waals surface area (Å²) in [5, 5.41) is 0. The summed E-state index contributed by atoms with van der Waals surface area (Å²) in [7, 11) is -2.21. The Kier molecular flexibility index (Phi) is 4.98.